The third kappa shape index (κ3) is 3.46. The molecule has 0 saturated carbocycles. The van der Waals surface area contributed by atoms with Gasteiger partial charge in [0.05, 0.1) is 19.0 Å². The van der Waals surface area contributed by atoms with Crippen LogP contribution in [-0.4, -0.2) is 65.3 Å². The molecule has 2 aliphatic rings. The highest BCUT2D eigenvalue weighted by Gasteiger charge is 2.42. The van der Waals surface area contributed by atoms with Gasteiger partial charge in [0, 0.05) is 26.2 Å². The number of benzene rings is 1. The maximum Gasteiger partial charge on any atom is 0.247 e. The van der Waals surface area contributed by atoms with Crippen molar-refractivity contribution in [3.05, 3.63) is 35.4 Å². The topological polar surface area (TPSA) is 43.9 Å². The van der Waals surface area contributed by atoms with Gasteiger partial charge in [0.1, 0.15) is 0 Å². The van der Waals surface area contributed by atoms with Gasteiger partial charge in [-0.25, -0.2) is 0 Å². The van der Waals surface area contributed by atoms with Crippen molar-refractivity contribution in [2.24, 2.45) is 0 Å². The first-order valence-corrected chi connectivity index (χ1v) is 8.44. The number of imide groups is 1. The highest BCUT2D eigenvalue weighted by Crippen LogP contribution is 2.22. The lowest BCUT2D eigenvalue weighted by Crippen LogP contribution is -2.52. The van der Waals surface area contributed by atoms with E-state index in [0.717, 1.165) is 38.3 Å². The zero-order chi connectivity index (χ0) is 16.4. The normalized spacial score (nSPS) is 23.7. The van der Waals surface area contributed by atoms with Gasteiger partial charge in [-0.05, 0) is 19.0 Å². The second-order valence-electron chi connectivity index (χ2n) is 6.49. The molecule has 2 fully saturated rings. The van der Waals surface area contributed by atoms with Gasteiger partial charge in [0.2, 0.25) is 11.8 Å². The Morgan fingerprint density at radius 3 is 2.30 bits per heavy atom. The van der Waals surface area contributed by atoms with Crippen molar-refractivity contribution in [2.45, 2.75) is 32.9 Å². The molecule has 0 radical (unpaired) electrons. The van der Waals surface area contributed by atoms with Crippen LogP contribution >= 0.6 is 0 Å². The molecule has 0 spiro atoms. The fourth-order valence-electron chi connectivity index (χ4n) is 3.38. The van der Waals surface area contributed by atoms with E-state index >= 15 is 0 Å². The smallest absolute Gasteiger partial charge is 0.247 e. The second-order valence-corrected chi connectivity index (χ2v) is 6.49. The molecule has 2 amide bonds. The van der Waals surface area contributed by atoms with E-state index in [1.807, 2.05) is 31.2 Å². The first-order valence-electron chi connectivity index (χ1n) is 8.44. The zero-order valence-electron chi connectivity index (χ0n) is 14.0. The number of hydrogen-bond acceptors (Lipinski definition) is 4. The van der Waals surface area contributed by atoms with E-state index in [0.29, 0.717) is 13.0 Å². The van der Waals surface area contributed by atoms with Crippen molar-refractivity contribution in [3.63, 3.8) is 0 Å². The summed E-state index contributed by atoms with van der Waals surface area (Å²) in [6.45, 7) is 9.32. The molecule has 23 heavy (non-hydrogen) atoms. The van der Waals surface area contributed by atoms with Crippen LogP contribution in [0.5, 0.6) is 0 Å². The summed E-state index contributed by atoms with van der Waals surface area (Å²) in [5.74, 6) is -0.0704. The van der Waals surface area contributed by atoms with E-state index in [9.17, 15) is 9.59 Å². The van der Waals surface area contributed by atoms with E-state index in [1.54, 1.807) is 0 Å². The number of likely N-dealkylation sites (tertiary alicyclic amines) is 1. The minimum atomic E-state index is -0.257. The molecule has 3 rings (SSSR count). The fraction of sp³-hybridized carbons (Fsp3) is 0.556. The lowest BCUT2D eigenvalue weighted by Gasteiger charge is -2.36. The number of hydrogen-bond donors (Lipinski definition) is 0. The molecule has 0 N–H and O–H groups in total. The van der Waals surface area contributed by atoms with E-state index < -0.39 is 0 Å². The molecule has 1 unspecified atom stereocenters. The van der Waals surface area contributed by atoms with Crippen LogP contribution in [0.2, 0.25) is 0 Å². The summed E-state index contributed by atoms with van der Waals surface area (Å²) >= 11 is 0. The van der Waals surface area contributed by atoms with Crippen LogP contribution in [0, 0.1) is 6.92 Å². The number of piperazine rings is 1. The first kappa shape index (κ1) is 16.1. The first-order chi connectivity index (χ1) is 11.1. The molecule has 0 bridgehead atoms. The van der Waals surface area contributed by atoms with Crippen LogP contribution in [0.15, 0.2) is 24.3 Å². The highest BCUT2D eigenvalue weighted by molar-refractivity contribution is 6.05. The number of nitrogens with zero attached hydrogens (tertiary/aromatic N) is 3. The van der Waals surface area contributed by atoms with Crippen LogP contribution in [0.1, 0.15) is 24.5 Å². The number of likely N-dealkylation sites (N-methyl/N-ethyl adjacent to an activating group) is 1. The number of amides is 2. The average Bonchev–Trinajstić information content (AvgIpc) is 2.85. The Balaban J connectivity index is 1.64. The molecule has 2 heterocycles. The summed E-state index contributed by atoms with van der Waals surface area (Å²) in [6.07, 6.45) is 0.330. The Bertz CT molecular complexity index is 576. The van der Waals surface area contributed by atoms with E-state index in [4.69, 9.17) is 0 Å². The molecule has 2 saturated heterocycles. The lowest BCUT2D eigenvalue weighted by molar-refractivity contribution is -0.140. The predicted molar refractivity (Wildman–Crippen MR) is 88.8 cm³/mol. The van der Waals surface area contributed by atoms with Crippen LogP contribution in [0.25, 0.3) is 0 Å². The van der Waals surface area contributed by atoms with Gasteiger partial charge in [0.15, 0.2) is 0 Å². The van der Waals surface area contributed by atoms with Crippen LogP contribution in [0.4, 0.5) is 0 Å². The fourth-order valence-corrected chi connectivity index (χ4v) is 3.38. The number of rotatable bonds is 4. The summed E-state index contributed by atoms with van der Waals surface area (Å²) in [6, 6.07) is 7.75. The third-order valence-electron chi connectivity index (χ3n) is 4.98. The molecule has 5 heteroatoms. The van der Waals surface area contributed by atoms with E-state index in [-0.39, 0.29) is 17.9 Å². The minimum Gasteiger partial charge on any atom is -0.301 e. The summed E-state index contributed by atoms with van der Waals surface area (Å²) in [7, 11) is 0. The van der Waals surface area contributed by atoms with Crippen molar-refractivity contribution >= 4 is 11.8 Å². The molecule has 2 aliphatic heterocycles. The Morgan fingerprint density at radius 1 is 1.04 bits per heavy atom. The summed E-state index contributed by atoms with van der Waals surface area (Å²) in [5, 5.41) is 0. The standard InChI is InChI=1S/C18H25N3O2/c1-3-19-8-10-20(11-9-19)16-12-17(22)21(18(16)23)13-15-6-4-14(2)5-7-15/h4-7,16H,3,8-13H2,1-2H3. The van der Waals surface area contributed by atoms with Crippen molar-refractivity contribution in [1.82, 2.24) is 14.7 Å². The predicted octanol–water partition coefficient (Wildman–Crippen LogP) is 1.26. The second kappa shape index (κ2) is 6.81. The molecular weight excluding hydrogens is 290 g/mol. The highest BCUT2D eigenvalue weighted by atomic mass is 16.2. The monoisotopic (exact) mass is 315 g/mol. The van der Waals surface area contributed by atoms with Crippen molar-refractivity contribution in [2.75, 3.05) is 32.7 Å². The molecule has 0 aromatic heterocycles. The Labute approximate surface area is 137 Å². The largest absolute Gasteiger partial charge is 0.301 e. The van der Waals surface area contributed by atoms with Gasteiger partial charge in [-0.3, -0.25) is 19.4 Å². The minimum absolute atomic E-state index is 0.0273. The molecule has 1 atom stereocenters. The van der Waals surface area contributed by atoms with Crippen LogP contribution < -0.4 is 0 Å². The third-order valence-corrected chi connectivity index (χ3v) is 4.98. The maximum atomic E-state index is 12.7. The van der Waals surface area contributed by atoms with Gasteiger partial charge in [-0.2, -0.15) is 0 Å². The van der Waals surface area contributed by atoms with E-state index in [2.05, 4.69) is 16.7 Å². The maximum absolute atomic E-state index is 12.7. The molecule has 0 aliphatic carbocycles. The van der Waals surface area contributed by atoms with Crippen molar-refractivity contribution in [3.8, 4) is 0 Å². The number of carbonyl (C=O) groups is 2. The summed E-state index contributed by atoms with van der Waals surface area (Å²) in [4.78, 5) is 31.0. The SMILES string of the molecule is CCN1CCN(C2CC(=O)N(Cc3ccc(C)cc3)C2=O)CC1. The Morgan fingerprint density at radius 2 is 1.70 bits per heavy atom. The molecule has 1 aromatic carbocycles. The zero-order valence-corrected chi connectivity index (χ0v) is 14.0. The van der Waals surface area contributed by atoms with Gasteiger partial charge in [0.25, 0.3) is 0 Å². The summed E-state index contributed by atoms with van der Waals surface area (Å²) in [5.41, 5.74) is 2.19. The molecule has 1 aromatic rings. The number of aryl methyl sites for hydroxylation is 1. The van der Waals surface area contributed by atoms with Gasteiger partial charge in [-0.1, -0.05) is 36.8 Å². The quantitative estimate of drug-likeness (QED) is 0.785. The Hall–Kier alpha value is -1.72. The van der Waals surface area contributed by atoms with Crippen molar-refractivity contribution in [1.29, 1.82) is 0 Å². The van der Waals surface area contributed by atoms with Gasteiger partial charge >= 0.3 is 0 Å². The van der Waals surface area contributed by atoms with E-state index in [1.165, 1.54) is 10.5 Å². The Kier molecular flexibility index (Phi) is 4.78. The van der Waals surface area contributed by atoms with Crippen LogP contribution in [0.3, 0.4) is 0 Å². The number of carbonyl (C=O) groups excluding carboxylic acids is 2. The molecular formula is C18H25N3O2. The van der Waals surface area contributed by atoms with Crippen LogP contribution in [-0.2, 0) is 16.1 Å². The lowest BCUT2D eigenvalue weighted by atomic mass is 10.1. The van der Waals surface area contributed by atoms with Gasteiger partial charge in [-0.15, -0.1) is 0 Å². The van der Waals surface area contributed by atoms with Gasteiger partial charge < -0.3 is 4.90 Å². The average molecular weight is 315 g/mol. The summed E-state index contributed by atoms with van der Waals surface area (Å²) < 4.78 is 0. The molecule has 124 valence electrons. The molecule has 5 nitrogen and oxygen atoms in total. The van der Waals surface area contributed by atoms with Crippen molar-refractivity contribution < 1.29 is 9.59 Å².